The molecule has 0 aromatic carbocycles. The molecule has 2 rings (SSSR count). The normalized spacial score (nSPS) is 23.8. The van der Waals surface area contributed by atoms with Gasteiger partial charge in [0.2, 0.25) is 0 Å². The quantitative estimate of drug-likeness (QED) is 0.751. The van der Waals surface area contributed by atoms with Crippen molar-refractivity contribution in [3.05, 3.63) is 0 Å². The van der Waals surface area contributed by atoms with Crippen molar-refractivity contribution >= 4 is 0 Å². The molecule has 0 heterocycles. The van der Waals surface area contributed by atoms with E-state index in [1.807, 2.05) is 0 Å². The maximum absolute atomic E-state index is 6.24. The Bertz CT molecular complexity index is 223. The minimum Gasteiger partial charge on any atom is -0.327 e. The molecule has 0 aliphatic heterocycles. The van der Waals surface area contributed by atoms with Crippen LogP contribution >= 0.6 is 0 Å². The van der Waals surface area contributed by atoms with Crippen LogP contribution in [0.1, 0.15) is 52.9 Å². The van der Waals surface area contributed by atoms with Crippen LogP contribution in [0.25, 0.3) is 0 Å². The fraction of sp³-hybridized carbons (Fsp3) is 1.00. The topological polar surface area (TPSA) is 29.3 Å². The molecule has 2 N–H and O–H groups in total. The third-order valence-corrected chi connectivity index (χ3v) is 4.09. The Morgan fingerprint density at radius 3 is 2.25 bits per heavy atom. The molecule has 1 unspecified atom stereocenters. The van der Waals surface area contributed by atoms with Gasteiger partial charge in [-0.05, 0) is 50.0 Å². The number of nitrogens with two attached hydrogens (primary N) is 1. The molecular weight excluding hydrogens is 196 g/mol. The number of hydrogen-bond donors (Lipinski definition) is 1. The summed E-state index contributed by atoms with van der Waals surface area (Å²) in [6.07, 6.45) is 6.95. The summed E-state index contributed by atoms with van der Waals surface area (Å²) < 4.78 is 0. The van der Waals surface area contributed by atoms with Crippen molar-refractivity contribution < 1.29 is 0 Å². The van der Waals surface area contributed by atoms with Crippen molar-refractivity contribution in [2.24, 2.45) is 17.1 Å². The average molecular weight is 224 g/mol. The Kier molecular flexibility index (Phi) is 3.60. The molecule has 2 aliphatic rings. The van der Waals surface area contributed by atoms with E-state index in [4.69, 9.17) is 5.73 Å². The van der Waals surface area contributed by atoms with Gasteiger partial charge in [0.25, 0.3) is 0 Å². The largest absolute Gasteiger partial charge is 0.327 e. The van der Waals surface area contributed by atoms with Gasteiger partial charge in [0.15, 0.2) is 0 Å². The zero-order valence-corrected chi connectivity index (χ0v) is 11.2. The Hall–Kier alpha value is -0.0800. The first kappa shape index (κ1) is 12.4. The lowest BCUT2D eigenvalue weighted by atomic mass is 9.85. The zero-order valence-electron chi connectivity index (χ0n) is 11.2. The van der Waals surface area contributed by atoms with Crippen LogP contribution < -0.4 is 5.73 Å². The third-order valence-electron chi connectivity index (χ3n) is 4.09. The molecule has 0 saturated heterocycles. The molecule has 2 fully saturated rings. The van der Waals surface area contributed by atoms with Crippen molar-refractivity contribution in [3.8, 4) is 0 Å². The van der Waals surface area contributed by atoms with Gasteiger partial charge < -0.3 is 10.6 Å². The first-order valence-corrected chi connectivity index (χ1v) is 6.96. The highest BCUT2D eigenvalue weighted by Crippen LogP contribution is 2.35. The first-order valence-electron chi connectivity index (χ1n) is 6.96. The lowest BCUT2D eigenvalue weighted by Gasteiger charge is -2.30. The van der Waals surface area contributed by atoms with Gasteiger partial charge in [-0.2, -0.15) is 0 Å². The Morgan fingerprint density at radius 1 is 1.19 bits per heavy atom. The van der Waals surface area contributed by atoms with Crippen LogP contribution in [0, 0.1) is 11.3 Å². The number of rotatable bonds is 6. The molecule has 0 bridgehead atoms. The molecule has 16 heavy (non-hydrogen) atoms. The van der Waals surface area contributed by atoms with E-state index >= 15 is 0 Å². The minimum atomic E-state index is 0.259. The fourth-order valence-electron chi connectivity index (χ4n) is 2.23. The van der Waals surface area contributed by atoms with E-state index in [9.17, 15) is 0 Å². The molecule has 0 aromatic rings. The molecule has 0 amide bonds. The molecular formula is C14H28N2. The SMILES string of the molecule is CC(C)(C)C(N)CCN(CC1CC1)C1CC1. The zero-order chi connectivity index (χ0) is 11.8. The molecule has 0 spiro atoms. The van der Waals surface area contributed by atoms with Crippen LogP contribution in [0.4, 0.5) is 0 Å². The lowest BCUT2D eigenvalue weighted by molar-refractivity contribution is 0.214. The van der Waals surface area contributed by atoms with Gasteiger partial charge in [-0.25, -0.2) is 0 Å². The first-order chi connectivity index (χ1) is 7.47. The average Bonchev–Trinajstić information content (AvgIpc) is 2.97. The van der Waals surface area contributed by atoms with E-state index in [2.05, 4.69) is 25.7 Å². The summed E-state index contributed by atoms with van der Waals surface area (Å²) in [6.45, 7) is 9.32. The van der Waals surface area contributed by atoms with E-state index in [0.29, 0.717) is 6.04 Å². The standard InChI is InChI=1S/C14H28N2/c1-14(2,3)13(15)8-9-16(12-6-7-12)10-11-4-5-11/h11-13H,4-10,15H2,1-3H3. The third kappa shape index (κ3) is 3.74. The van der Waals surface area contributed by atoms with E-state index in [1.54, 1.807) is 0 Å². The molecule has 94 valence electrons. The van der Waals surface area contributed by atoms with Gasteiger partial charge in [-0.15, -0.1) is 0 Å². The minimum absolute atomic E-state index is 0.259. The van der Waals surface area contributed by atoms with E-state index in [-0.39, 0.29) is 5.41 Å². The molecule has 1 atom stereocenters. The highest BCUT2D eigenvalue weighted by Gasteiger charge is 2.34. The van der Waals surface area contributed by atoms with Crippen molar-refractivity contribution in [1.29, 1.82) is 0 Å². The Morgan fingerprint density at radius 2 is 1.81 bits per heavy atom. The van der Waals surface area contributed by atoms with Gasteiger partial charge in [-0.1, -0.05) is 20.8 Å². The molecule has 0 aromatic heterocycles. The molecule has 2 aliphatic carbocycles. The van der Waals surface area contributed by atoms with E-state index in [1.165, 1.54) is 38.8 Å². The fourth-order valence-corrected chi connectivity index (χ4v) is 2.23. The molecule has 0 radical (unpaired) electrons. The maximum Gasteiger partial charge on any atom is 0.00998 e. The van der Waals surface area contributed by atoms with Crippen molar-refractivity contribution in [2.75, 3.05) is 13.1 Å². The Balaban J connectivity index is 1.72. The smallest absolute Gasteiger partial charge is 0.00998 e. The van der Waals surface area contributed by atoms with Crippen LogP contribution in [0.5, 0.6) is 0 Å². The maximum atomic E-state index is 6.24. The lowest BCUT2D eigenvalue weighted by Crippen LogP contribution is -2.39. The second-order valence-electron chi connectivity index (χ2n) is 6.93. The monoisotopic (exact) mass is 224 g/mol. The molecule has 2 saturated carbocycles. The van der Waals surface area contributed by atoms with Gasteiger partial charge in [0.05, 0.1) is 0 Å². The summed E-state index contributed by atoms with van der Waals surface area (Å²) in [4.78, 5) is 2.71. The summed E-state index contributed by atoms with van der Waals surface area (Å²) in [5.41, 5.74) is 6.50. The highest BCUT2D eigenvalue weighted by atomic mass is 15.2. The predicted octanol–water partition coefficient (Wildman–Crippen LogP) is 2.62. The predicted molar refractivity (Wildman–Crippen MR) is 69.4 cm³/mol. The van der Waals surface area contributed by atoms with Gasteiger partial charge in [0, 0.05) is 18.6 Å². The number of hydrogen-bond acceptors (Lipinski definition) is 2. The Labute approximate surface area is 101 Å². The summed E-state index contributed by atoms with van der Waals surface area (Å²) >= 11 is 0. The van der Waals surface area contributed by atoms with Crippen molar-refractivity contribution in [2.45, 2.75) is 65.0 Å². The number of nitrogens with zero attached hydrogens (tertiary/aromatic N) is 1. The molecule has 2 nitrogen and oxygen atoms in total. The van der Waals surface area contributed by atoms with Crippen LogP contribution in [0.2, 0.25) is 0 Å². The van der Waals surface area contributed by atoms with Crippen molar-refractivity contribution in [3.63, 3.8) is 0 Å². The van der Waals surface area contributed by atoms with E-state index < -0.39 is 0 Å². The summed E-state index contributed by atoms with van der Waals surface area (Å²) in [6, 6.07) is 1.25. The van der Waals surface area contributed by atoms with Crippen LogP contribution in [0.15, 0.2) is 0 Å². The van der Waals surface area contributed by atoms with Gasteiger partial charge >= 0.3 is 0 Å². The van der Waals surface area contributed by atoms with Gasteiger partial charge in [0.1, 0.15) is 0 Å². The van der Waals surface area contributed by atoms with Crippen LogP contribution in [-0.4, -0.2) is 30.1 Å². The van der Waals surface area contributed by atoms with Crippen molar-refractivity contribution in [1.82, 2.24) is 4.90 Å². The second kappa shape index (κ2) is 4.66. The summed E-state index contributed by atoms with van der Waals surface area (Å²) in [7, 11) is 0. The van der Waals surface area contributed by atoms with Gasteiger partial charge in [-0.3, -0.25) is 0 Å². The summed E-state index contributed by atoms with van der Waals surface area (Å²) in [5, 5.41) is 0. The van der Waals surface area contributed by atoms with E-state index in [0.717, 1.165) is 18.4 Å². The highest BCUT2D eigenvalue weighted by molar-refractivity contribution is 4.89. The molecule has 2 heteroatoms. The van der Waals surface area contributed by atoms with Crippen LogP contribution in [0.3, 0.4) is 0 Å². The second-order valence-corrected chi connectivity index (χ2v) is 6.93. The van der Waals surface area contributed by atoms with Crippen LogP contribution in [-0.2, 0) is 0 Å². The summed E-state index contributed by atoms with van der Waals surface area (Å²) in [5.74, 6) is 1.02.